The van der Waals surface area contributed by atoms with Gasteiger partial charge >= 0.3 is 0 Å². The van der Waals surface area contributed by atoms with Crippen LogP contribution in [0.5, 0.6) is 0 Å². The third-order valence-electron chi connectivity index (χ3n) is 1.46. The van der Waals surface area contributed by atoms with E-state index in [4.69, 9.17) is 0 Å². The summed E-state index contributed by atoms with van der Waals surface area (Å²) in [6, 6.07) is 8.78. The summed E-state index contributed by atoms with van der Waals surface area (Å²) < 4.78 is 0. The molecule has 0 amide bonds. The van der Waals surface area contributed by atoms with Gasteiger partial charge in [0, 0.05) is 18.5 Å². The number of anilines is 1. The zero-order valence-corrected chi connectivity index (χ0v) is 5.91. The molecule has 0 spiro atoms. The fraction of sp³-hybridized carbons (Fsp3) is 0. The molecule has 0 saturated heterocycles. The van der Waals surface area contributed by atoms with Gasteiger partial charge in [-0.3, -0.25) is 4.99 Å². The van der Waals surface area contributed by atoms with Crippen LogP contribution in [0.2, 0.25) is 0 Å². The normalized spacial score (nSPS) is 13.5. The highest BCUT2D eigenvalue weighted by molar-refractivity contribution is 5.81. The molecule has 0 bridgehead atoms. The molecule has 2 heteroatoms. The number of para-hydroxylation sites is 1. The number of nitrogens with one attached hydrogen (secondary N) is 1. The van der Waals surface area contributed by atoms with Gasteiger partial charge in [-0.1, -0.05) is 12.1 Å². The first kappa shape index (κ1) is 6.16. The van der Waals surface area contributed by atoms with Crippen LogP contribution in [0.25, 0.3) is 0 Å². The summed E-state index contributed by atoms with van der Waals surface area (Å²) in [5, 5.41) is 3.09. The molecule has 1 aliphatic rings. The molecule has 1 radical (unpaired) electrons. The van der Waals surface area contributed by atoms with Crippen molar-refractivity contribution in [2.45, 2.75) is 0 Å². The predicted molar refractivity (Wildman–Crippen MR) is 46.2 cm³/mol. The van der Waals surface area contributed by atoms with Gasteiger partial charge in [0.25, 0.3) is 0 Å². The number of allylic oxidation sites excluding steroid dienone is 1. The number of hydrogen-bond donors (Lipinski definition) is 1. The van der Waals surface area contributed by atoms with Crippen molar-refractivity contribution >= 4 is 17.6 Å². The summed E-state index contributed by atoms with van der Waals surface area (Å²) in [5.41, 5.74) is 1.86. The summed E-state index contributed by atoms with van der Waals surface area (Å²) >= 11 is 0. The van der Waals surface area contributed by atoms with E-state index in [2.05, 4.69) is 16.4 Å². The highest BCUT2D eigenvalue weighted by Gasteiger charge is 1.97. The molecular weight excluding hydrogens is 136 g/mol. The molecule has 11 heavy (non-hydrogen) atoms. The Kier molecular flexibility index (Phi) is 1.44. The summed E-state index contributed by atoms with van der Waals surface area (Å²) in [6.45, 7) is 0. The highest BCUT2D eigenvalue weighted by Crippen LogP contribution is 2.23. The van der Waals surface area contributed by atoms with Gasteiger partial charge in [-0.05, 0) is 12.1 Å². The average Bonchev–Trinajstić information content (AvgIpc) is 2.28. The van der Waals surface area contributed by atoms with Crippen LogP contribution in [-0.2, 0) is 0 Å². The molecule has 0 fully saturated rings. The minimum absolute atomic E-state index is 0.859. The van der Waals surface area contributed by atoms with E-state index < -0.39 is 0 Å². The van der Waals surface area contributed by atoms with Crippen LogP contribution in [0.4, 0.5) is 11.4 Å². The molecular formula is C9H7N2. The van der Waals surface area contributed by atoms with Gasteiger partial charge in [0.1, 0.15) is 0 Å². The Bertz CT molecular complexity index is 313. The van der Waals surface area contributed by atoms with Crippen LogP contribution in [0.1, 0.15) is 0 Å². The third-order valence-corrected chi connectivity index (χ3v) is 1.46. The molecule has 0 aromatic heterocycles. The second-order valence-corrected chi connectivity index (χ2v) is 2.21. The Morgan fingerprint density at radius 2 is 2.45 bits per heavy atom. The molecule has 0 saturated carbocycles. The SMILES string of the molecule is [c]1cccc2c1N=CC=CN2. The number of benzene rings is 1. The Balaban J connectivity index is 2.52. The average molecular weight is 143 g/mol. The van der Waals surface area contributed by atoms with Crippen molar-refractivity contribution in [2.75, 3.05) is 5.32 Å². The first-order valence-electron chi connectivity index (χ1n) is 3.43. The van der Waals surface area contributed by atoms with E-state index >= 15 is 0 Å². The number of rotatable bonds is 0. The Morgan fingerprint density at radius 3 is 3.45 bits per heavy atom. The molecule has 0 unspecified atom stereocenters. The fourth-order valence-corrected chi connectivity index (χ4v) is 0.950. The van der Waals surface area contributed by atoms with Gasteiger partial charge in [0.05, 0.1) is 11.4 Å². The van der Waals surface area contributed by atoms with E-state index in [1.54, 1.807) is 6.21 Å². The van der Waals surface area contributed by atoms with Crippen molar-refractivity contribution in [3.8, 4) is 0 Å². The molecule has 1 aliphatic heterocycles. The minimum Gasteiger partial charge on any atom is -0.360 e. The zero-order chi connectivity index (χ0) is 7.52. The molecule has 0 atom stereocenters. The van der Waals surface area contributed by atoms with Crippen molar-refractivity contribution in [2.24, 2.45) is 4.99 Å². The second kappa shape index (κ2) is 2.58. The lowest BCUT2D eigenvalue weighted by atomic mass is 10.3. The van der Waals surface area contributed by atoms with Crippen molar-refractivity contribution < 1.29 is 0 Å². The highest BCUT2D eigenvalue weighted by atomic mass is 14.9. The van der Waals surface area contributed by atoms with Crippen molar-refractivity contribution in [1.29, 1.82) is 0 Å². The molecule has 1 aromatic rings. The molecule has 1 N–H and O–H groups in total. The lowest BCUT2D eigenvalue weighted by molar-refractivity contribution is 1.51. The van der Waals surface area contributed by atoms with Crippen LogP contribution in [0, 0.1) is 6.07 Å². The smallest absolute Gasteiger partial charge is 0.0943 e. The molecule has 2 nitrogen and oxygen atoms in total. The van der Waals surface area contributed by atoms with Crippen LogP contribution in [0.3, 0.4) is 0 Å². The summed E-state index contributed by atoms with van der Waals surface area (Å²) in [5.74, 6) is 0. The number of hydrogen-bond acceptors (Lipinski definition) is 2. The van der Waals surface area contributed by atoms with Crippen LogP contribution < -0.4 is 5.32 Å². The van der Waals surface area contributed by atoms with Crippen molar-refractivity contribution in [3.63, 3.8) is 0 Å². The topological polar surface area (TPSA) is 24.4 Å². The van der Waals surface area contributed by atoms with Gasteiger partial charge in [0.2, 0.25) is 0 Å². The van der Waals surface area contributed by atoms with E-state index in [1.165, 1.54) is 0 Å². The van der Waals surface area contributed by atoms with Crippen LogP contribution in [0.15, 0.2) is 35.5 Å². The summed E-state index contributed by atoms with van der Waals surface area (Å²) in [4.78, 5) is 4.16. The predicted octanol–water partition coefficient (Wildman–Crippen LogP) is 2.13. The number of fused-ring (bicyclic) bond motifs is 1. The molecule has 2 rings (SSSR count). The Morgan fingerprint density at radius 1 is 1.45 bits per heavy atom. The number of aliphatic imine (C=N–C) groups is 1. The van der Waals surface area contributed by atoms with E-state index in [-0.39, 0.29) is 0 Å². The molecule has 1 heterocycles. The lowest BCUT2D eigenvalue weighted by Crippen LogP contribution is -1.84. The van der Waals surface area contributed by atoms with Gasteiger partial charge in [-0.15, -0.1) is 0 Å². The summed E-state index contributed by atoms with van der Waals surface area (Å²) in [6.07, 6.45) is 5.45. The molecule has 1 aromatic carbocycles. The third kappa shape index (κ3) is 1.15. The maximum absolute atomic E-state index is 4.16. The van der Waals surface area contributed by atoms with Gasteiger partial charge in [-0.2, -0.15) is 0 Å². The maximum atomic E-state index is 4.16. The van der Waals surface area contributed by atoms with E-state index in [1.807, 2.05) is 30.5 Å². The van der Waals surface area contributed by atoms with E-state index in [0.717, 1.165) is 11.4 Å². The first-order chi connectivity index (χ1) is 5.47. The van der Waals surface area contributed by atoms with E-state index in [9.17, 15) is 0 Å². The van der Waals surface area contributed by atoms with Crippen LogP contribution in [-0.4, -0.2) is 6.21 Å². The Hall–Kier alpha value is -1.57. The Labute approximate surface area is 65.3 Å². The largest absolute Gasteiger partial charge is 0.360 e. The molecule has 53 valence electrons. The monoisotopic (exact) mass is 143 g/mol. The van der Waals surface area contributed by atoms with Crippen LogP contribution >= 0.6 is 0 Å². The van der Waals surface area contributed by atoms with Crippen molar-refractivity contribution in [1.82, 2.24) is 0 Å². The van der Waals surface area contributed by atoms with Gasteiger partial charge < -0.3 is 5.32 Å². The van der Waals surface area contributed by atoms with Gasteiger partial charge in [-0.25, -0.2) is 0 Å². The minimum atomic E-state index is 0.859. The number of nitrogens with zero attached hydrogens (tertiary/aromatic N) is 1. The maximum Gasteiger partial charge on any atom is 0.0943 e. The standard InChI is InChI=1S/C9H7N2/c1-2-5-9-8(4-1)10-6-3-7-11-9/h1-4,6-7,10H. The first-order valence-corrected chi connectivity index (χ1v) is 3.43. The fourth-order valence-electron chi connectivity index (χ4n) is 0.950. The second-order valence-electron chi connectivity index (χ2n) is 2.21. The quantitative estimate of drug-likeness (QED) is 0.591. The zero-order valence-electron chi connectivity index (χ0n) is 5.91. The van der Waals surface area contributed by atoms with Gasteiger partial charge in [0.15, 0.2) is 0 Å². The van der Waals surface area contributed by atoms with E-state index in [0.29, 0.717) is 0 Å². The lowest BCUT2D eigenvalue weighted by Gasteiger charge is -2.00. The summed E-state index contributed by atoms with van der Waals surface area (Å²) in [7, 11) is 0. The van der Waals surface area contributed by atoms with Crippen molar-refractivity contribution in [3.05, 3.63) is 36.5 Å². The molecule has 0 aliphatic carbocycles.